The molecule has 0 atom stereocenters. The highest BCUT2D eigenvalue weighted by molar-refractivity contribution is 5.94. The lowest BCUT2D eigenvalue weighted by atomic mass is 10.0. The van der Waals surface area contributed by atoms with Crippen LogP contribution in [0.25, 0.3) is 23.1 Å². The Bertz CT molecular complexity index is 1450. The molecule has 202 valence electrons. The molecule has 39 heavy (non-hydrogen) atoms. The predicted molar refractivity (Wildman–Crippen MR) is 152 cm³/mol. The zero-order chi connectivity index (χ0) is 27.6. The molecule has 7 nitrogen and oxygen atoms in total. The Hall–Kier alpha value is -4.52. The Labute approximate surface area is 227 Å². The molecule has 0 amide bonds. The smallest absolute Gasteiger partial charge is 0.323 e. The van der Waals surface area contributed by atoms with Crippen molar-refractivity contribution in [3.8, 4) is 11.5 Å². The molecule has 1 aromatic heterocycles. The van der Waals surface area contributed by atoms with Gasteiger partial charge < -0.3 is 24.3 Å². The summed E-state index contributed by atoms with van der Waals surface area (Å²) in [5.41, 5.74) is 4.78. The summed E-state index contributed by atoms with van der Waals surface area (Å²) in [7, 11) is 0. The molecular weight excluding hydrogens is 494 g/mol. The molecule has 0 radical (unpaired) electrons. The van der Waals surface area contributed by atoms with Crippen molar-refractivity contribution in [2.75, 3.05) is 13.2 Å². The first-order valence-electron chi connectivity index (χ1n) is 13.0. The van der Waals surface area contributed by atoms with Crippen LogP contribution < -0.4 is 9.47 Å². The second-order valence-electron chi connectivity index (χ2n) is 9.39. The molecule has 1 heterocycles. The van der Waals surface area contributed by atoms with E-state index in [-0.39, 0.29) is 13.0 Å². The molecule has 0 saturated heterocycles. The van der Waals surface area contributed by atoms with Crippen LogP contribution >= 0.6 is 0 Å². The lowest BCUT2D eigenvalue weighted by Gasteiger charge is -2.10. The first kappa shape index (κ1) is 27.5. The summed E-state index contributed by atoms with van der Waals surface area (Å²) >= 11 is 0. The molecular formula is C32H33NO6. The third-order valence-electron chi connectivity index (χ3n) is 6.40. The normalized spacial score (nSPS) is 11.2. The minimum absolute atomic E-state index is 0.0755. The van der Waals surface area contributed by atoms with Gasteiger partial charge in [0, 0.05) is 24.4 Å². The summed E-state index contributed by atoms with van der Waals surface area (Å²) in [6.45, 7) is 3.00. The largest absolute Gasteiger partial charge is 0.493 e. The molecule has 2 N–H and O–H groups in total. The van der Waals surface area contributed by atoms with Gasteiger partial charge in [-0.05, 0) is 60.2 Å². The topological polar surface area (TPSA) is 98.0 Å². The Kier molecular flexibility index (Phi) is 9.40. The van der Waals surface area contributed by atoms with Gasteiger partial charge in [-0.3, -0.25) is 9.59 Å². The molecule has 0 bridgehead atoms. The number of hydrogen-bond donors (Lipinski definition) is 2. The van der Waals surface area contributed by atoms with Gasteiger partial charge in [0.25, 0.3) is 0 Å². The van der Waals surface area contributed by atoms with E-state index in [0.29, 0.717) is 26.1 Å². The summed E-state index contributed by atoms with van der Waals surface area (Å²) in [5, 5.41) is 19.3. The highest BCUT2D eigenvalue weighted by atomic mass is 16.5. The molecule has 7 heteroatoms. The van der Waals surface area contributed by atoms with Crippen LogP contribution in [0.4, 0.5) is 0 Å². The lowest BCUT2D eigenvalue weighted by Crippen LogP contribution is -2.07. The first-order chi connectivity index (χ1) is 18.9. The van der Waals surface area contributed by atoms with Crippen LogP contribution in [-0.4, -0.2) is 39.9 Å². The molecule has 0 aliphatic heterocycles. The molecule has 0 saturated carbocycles. The van der Waals surface area contributed by atoms with E-state index < -0.39 is 11.9 Å². The molecule has 0 fully saturated rings. The predicted octanol–water partition coefficient (Wildman–Crippen LogP) is 6.46. The van der Waals surface area contributed by atoms with E-state index in [0.717, 1.165) is 51.1 Å². The number of para-hydroxylation sites is 2. The van der Waals surface area contributed by atoms with Crippen molar-refractivity contribution in [3.05, 3.63) is 95.2 Å². The Morgan fingerprint density at radius 3 is 2.36 bits per heavy atom. The minimum atomic E-state index is -0.930. The van der Waals surface area contributed by atoms with Crippen LogP contribution in [0.5, 0.6) is 11.5 Å². The molecule has 4 rings (SSSR count). The number of carbonyl (C=O) groups is 2. The van der Waals surface area contributed by atoms with E-state index in [1.807, 2.05) is 92.0 Å². The van der Waals surface area contributed by atoms with Crippen molar-refractivity contribution < 1.29 is 29.3 Å². The molecule has 3 aromatic carbocycles. The Morgan fingerprint density at radius 1 is 0.846 bits per heavy atom. The fourth-order valence-electron chi connectivity index (χ4n) is 4.51. The maximum atomic E-state index is 11.5. The molecule has 0 aliphatic rings. The standard InChI is InChI=1S/C32H33NO6/c1-23-7-2-3-11-29(23)39-20-6-19-38-27-17-14-24(15-18-27)13-16-25-8-4-10-28-26(9-5-12-30(34)35)21-33(32(25)28)22-31(36)37/h2-4,7-8,10-11,13-18,21H,5-6,9,12,19-20,22H2,1H3,(H,34,35)(H,36,37)/b16-13+. The maximum Gasteiger partial charge on any atom is 0.323 e. The van der Waals surface area contributed by atoms with Crippen LogP contribution in [0, 0.1) is 6.92 Å². The zero-order valence-electron chi connectivity index (χ0n) is 22.0. The van der Waals surface area contributed by atoms with Crippen LogP contribution in [0.15, 0.2) is 72.9 Å². The van der Waals surface area contributed by atoms with E-state index in [2.05, 4.69) is 0 Å². The van der Waals surface area contributed by atoms with Gasteiger partial charge in [0.1, 0.15) is 18.0 Å². The number of carboxylic acids is 2. The van der Waals surface area contributed by atoms with Gasteiger partial charge in [-0.25, -0.2) is 0 Å². The summed E-state index contributed by atoms with van der Waals surface area (Å²) < 4.78 is 13.4. The number of rotatable bonds is 14. The molecule has 0 aliphatic carbocycles. The Balaban J connectivity index is 1.39. The number of aliphatic carboxylic acids is 2. The number of carboxylic acid groups (broad SMARTS) is 2. The fraction of sp³-hybridized carbons (Fsp3) is 0.250. The summed E-state index contributed by atoms with van der Waals surface area (Å²) in [6.07, 6.45) is 7.70. The second kappa shape index (κ2) is 13.3. The van der Waals surface area contributed by atoms with Crippen LogP contribution in [0.2, 0.25) is 0 Å². The summed E-state index contributed by atoms with van der Waals surface area (Å²) in [4.78, 5) is 22.4. The third-order valence-corrected chi connectivity index (χ3v) is 6.40. The van der Waals surface area contributed by atoms with E-state index in [9.17, 15) is 14.7 Å². The number of hydrogen-bond acceptors (Lipinski definition) is 4. The van der Waals surface area contributed by atoms with Crippen molar-refractivity contribution in [1.82, 2.24) is 4.57 Å². The van der Waals surface area contributed by atoms with E-state index in [4.69, 9.17) is 14.6 Å². The van der Waals surface area contributed by atoms with E-state index >= 15 is 0 Å². The van der Waals surface area contributed by atoms with Gasteiger partial charge in [-0.1, -0.05) is 60.7 Å². The minimum Gasteiger partial charge on any atom is -0.493 e. The fourth-order valence-corrected chi connectivity index (χ4v) is 4.51. The zero-order valence-corrected chi connectivity index (χ0v) is 22.0. The molecule has 0 unspecified atom stereocenters. The van der Waals surface area contributed by atoms with Crippen molar-refractivity contribution >= 4 is 35.0 Å². The average molecular weight is 528 g/mol. The first-order valence-corrected chi connectivity index (χ1v) is 13.0. The average Bonchev–Trinajstić information content (AvgIpc) is 3.26. The van der Waals surface area contributed by atoms with Gasteiger partial charge >= 0.3 is 11.9 Å². The van der Waals surface area contributed by atoms with E-state index in [1.165, 1.54) is 0 Å². The molecule has 4 aromatic rings. The lowest BCUT2D eigenvalue weighted by molar-refractivity contribution is -0.138. The number of ether oxygens (including phenoxy) is 2. The van der Waals surface area contributed by atoms with Gasteiger partial charge in [-0.15, -0.1) is 0 Å². The maximum absolute atomic E-state index is 11.5. The van der Waals surface area contributed by atoms with Gasteiger partial charge in [0.15, 0.2) is 0 Å². The van der Waals surface area contributed by atoms with Crippen molar-refractivity contribution in [2.24, 2.45) is 0 Å². The van der Waals surface area contributed by atoms with Gasteiger partial charge in [0.05, 0.1) is 18.7 Å². The summed E-state index contributed by atoms with van der Waals surface area (Å²) in [6, 6.07) is 21.6. The van der Waals surface area contributed by atoms with Gasteiger partial charge in [0.2, 0.25) is 0 Å². The third kappa shape index (κ3) is 7.74. The van der Waals surface area contributed by atoms with Gasteiger partial charge in [-0.2, -0.15) is 0 Å². The van der Waals surface area contributed by atoms with Crippen LogP contribution in [-0.2, 0) is 22.6 Å². The monoisotopic (exact) mass is 527 g/mol. The van der Waals surface area contributed by atoms with Crippen molar-refractivity contribution in [1.29, 1.82) is 0 Å². The number of nitrogens with zero attached hydrogens (tertiary/aromatic N) is 1. The second-order valence-corrected chi connectivity index (χ2v) is 9.39. The quantitative estimate of drug-likeness (QED) is 0.144. The Morgan fingerprint density at radius 2 is 1.62 bits per heavy atom. The SMILES string of the molecule is Cc1ccccc1OCCCOc1ccc(/C=C/c2cccc3c(CCCC(=O)O)cn(CC(=O)O)c23)cc1. The van der Waals surface area contributed by atoms with Crippen LogP contribution in [0.3, 0.4) is 0 Å². The van der Waals surface area contributed by atoms with Crippen LogP contribution in [0.1, 0.15) is 41.5 Å². The van der Waals surface area contributed by atoms with E-state index in [1.54, 1.807) is 4.57 Å². The number of benzene rings is 3. The number of aryl methyl sites for hydroxylation is 2. The number of aromatic nitrogens is 1. The molecule has 0 spiro atoms. The van der Waals surface area contributed by atoms with Crippen molar-refractivity contribution in [3.63, 3.8) is 0 Å². The summed E-state index contributed by atoms with van der Waals surface area (Å²) in [5.74, 6) is -0.0861. The highest BCUT2D eigenvalue weighted by Gasteiger charge is 2.13. The highest BCUT2D eigenvalue weighted by Crippen LogP contribution is 2.28. The van der Waals surface area contributed by atoms with Crippen molar-refractivity contribution in [2.45, 2.75) is 39.2 Å². The number of fused-ring (bicyclic) bond motifs is 1.